The SMILES string of the molecule is [B]CC1(C)CC(C)=C(P(C=C)c2ccc3c(c2)CCC(=O)N3C)C(=O)O1. The molecule has 0 aliphatic carbocycles. The maximum Gasteiger partial charge on any atom is 0.339 e. The van der Waals surface area contributed by atoms with Crippen LogP contribution in [0, 0.1) is 0 Å². The molecule has 6 heteroatoms. The molecule has 2 unspecified atom stereocenters. The second kappa shape index (κ2) is 7.04. The highest BCUT2D eigenvalue weighted by Gasteiger charge is 2.37. The van der Waals surface area contributed by atoms with E-state index >= 15 is 0 Å². The molecule has 1 amide bonds. The van der Waals surface area contributed by atoms with E-state index in [9.17, 15) is 9.59 Å². The fourth-order valence-corrected chi connectivity index (χ4v) is 5.58. The smallest absolute Gasteiger partial charge is 0.339 e. The molecule has 134 valence electrons. The fraction of sp³-hybridized carbons (Fsp3) is 0.400. The van der Waals surface area contributed by atoms with Crippen LogP contribution in [0.2, 0.25) is 6.32 Å². The summed E-state index contributed by atoms with van der Waals surface area (Å²) in [4.78, 5) is 26.3. The van der Waals surface area contributed by atoms with E-state index in [1.54, 1.807) is 11.9 Å². The zero-order chi connectivity index (χ0) is 19.1. The van der Waals surface area contributed by atoms with Gasteiger partial charge in [0.15, 0.2) is 0 Å². The minimum Gasteiger partial charge on any atom is -0.456 e. The number of anilines is 1. The van der Waals surface area contributed by atoms with E-state index in [0.29, 0.717) is 24.5 Å². The van der Waals surface area contributed by atoms with Crippen LogP contribution >= 0.6 is 7.92 Å². The van der Waals surface area contributed by atoms with Gasteiger partial charge in [-0.15, -0.1) is 0 Å². The van der Waals surface area contributed by atoms with Gasteiger partial charge in [0, 0.05) is 25.6 Å². The minimum atomic E-state index is -1.01. The fourth-order valence-electron chi connectivity index (χ4n) is 3.66. The van der Waals surface area contributed by atoms with Crippen molar-refractivity contribution in [2.24, 2.45) is 0 Å². The van der Waals surface area contributed by atoms with E-state index in [2.05, 4.69) is 12.6 Å². The number of esters is 1. The van der Waals surface area contributed by atoms with Gasteiger partial charge >= 0.3 is 5.97 Å². The van der Waals surface area contributed by atoms with Crippen molar-refractivity contribution in [2.45, 2.75) is 45.0 Å². The molecule has 0 bridgehead atoms. The summed E-state index contributed by atoms with van der Waals surface area (Å²) in [5, 5.41) is 1.76. The lowest BCUT2D eigenvalue weighted by atomic mass is 9.82. The Kier molecular flexibility index (Phi) is 5.12. The molecule has 0 saturated carbocycles. The number of rotatable bonds is 4. The zero-order valence-electron chi connectivity index (χ0n) is 15.5. The topological polar surface area (TPSA) is 46.6 Å². The van der Waals surface area contributed by atoms with E-state index in [1.807, 2.05) is 31.8 Å². The van der Waals surface area contributed by atoms with Crippen LogP contribution in [0.3, 0.4) is 0 Å². The van der Waals surface area contributed by atoms with Gasteiger partial charge in [-0.05, 0) is 57.5 Å². The van der Waals surface area contributed by atoms with Crippen molar-refractivity contribution in [1.82, 2.24) is 0 Å². The summed E-state index contributed by atoms with van der Waals surface area (Å²) in [6, 6.07) is 6.07. The molecule has 1 aromatic rings. The standard InChI is InChI=1S/C20H23BNO3P/c1-5-26(18-13(2)11-20(3,12-21)25-19(18)24)15-7-8-16-14(10-15)6-9-17(23)22(16)4/h5,7-8,10H,1,6,9,11-12H2,2-4H3. The number of fused-ring (bicyclic) bond motifs is 1. The number of hydrogen-bond donors (Lipinski definition) is 0. The number of carbonyl (C=O) groups excluding carboxylic acids is 2. The molecule has 3 rings (SSSR count). The first kappa shape index (κ1) is 18.9. The lowest BCUT2D eigenvalue weighted by Crippen LogP contribution is -2.36. The van der Waals surface area contributed by atoms with Crippen LogP contribution in [-0.4, -0.2) is 32.4 Å². The quantitative estimate of drug-likeness (QED) is 0.466. The van der Waals surface area contributed by atoms with Crippen molar-refractivity contribution in [1.29, 1.82) is 0 Å². The summed E-state index contributed by atoms with van der Waals surface area (Å²) in [6.07, 6.45) is 2.17. The first-order chi connectivity index (χ1) is 12.3. The van der Waals surface area contributed by atoms with Gasteiger partial charge in [0.2, 0.25) is 5.91 Å². The van der Waals surface area contributed by atoms with Crippen LogP contribution in [0.5, 0.6) is 0 Å². The molecular formula is C20H23BNO3P. The zero-order valence-corrected chi connectivity index (χ0v) is 16.4. The monoisotopic (exact) mass is 367 g/mol. The van der Waals surface area contributed by atoms with Crippen LogP contribution in [0.4, 0.5) is 5.69 Å². The van der Waals surface area contributed by atoms with Crippen LogP contribution in [-0.2, 0) is 20.7 Å². The third kappa shape index (κ3) is 3.25. The summed E-state index contributed by atoms with van der Waals surface area (Å²) < 4.78 is 5.65. The molecule has 0 aromatic heterocycles. The Bertz CT molecular complexity index is 819. The van der Waals surface area contributed by atoms with E-state index in [0.717, 1.165) is 28.5 Å². The molecule has 2 atom stereocenters. The van der Waals surface area contributed by atoms with Gasteiger partial charge in [0.05, 0.1) is 13.2 Å². The van der Waals surface area contributed by atoms with Crippen LogP contribution < -0.4 is 10.2 Å². The highest BCUT2D eigenvalue weighted by molar-refractivity contribution is 7.73. The number of cyclic esters (lactones) is 1. The summed E-state index contributed by atoms with van der Waals surface area (Å²) in [5.74, 6) is 1.68. The molecule has 2 radical (unpaired) electrons. The van der Waals surface area contributed by atoms with E-state index in [-0.39, 0.29) is 11.9 Å². The lowest BCUT2D eigenvalue weighted by molar-refractivity contribution is -0.152. The number of aryl methyl sites for hydroxylation is 1. The highest BCUT2D eigenvalue weighted by Crippen LogP contribution is 2.51. The van der Waals surface area contributed by atoms with Crippen molar-refractivity contribution in [2.75, 3.05) is 11.9 Å². The number of nitrogens with zero attached hydrogens (tertiary/aromatic N) is 1. The first-order valence-corrected chi connectivity index (χ1v) is 10.1. The van der Waals surface area contributed by atoms with E-state index in [4.69, 9.17) is 12.6 Å². The van der Waals surface area contributed by atoms with Crippen molar-refractivity contribution in [3.63, 3.8) is 0 Å². The Balaban J connectivity index is 2.00. The lowest BCUT2D eigenvalue weighted by Gasteiger charge is -2.36. The summed E-state index contributed by atoms with van der Waals surface area (Å²) >= 11 is 0. The van der Waals surface area contributed by atoms with Crippen molar-refractivity contribution < 1.29 is 14.3 Å². The number of carbonyl (C=O) groups is 2. The Labute approximate surface area is 157 Å². The number of amides is 1. The Morgan fingerprint density at radius 2 is 2.12 bits per heavy atom. The van der Waals surface area contributed by atoms with Crippen LogP contribution in [0.25, 0.3) is 0 Å². The first-order valence-electron chi connectivity index (χ1n) is 8.74. The molecular weight excluding hydrogens is 344 g/mol. The molecule has 0 fully saturated rings. The molecule has 2 heterocycles. The number of benzene rings is 1. The van der Waals surface area contributed by atoms with Crippen molar-refractivity contribution in [3.05, 3.63) is 47.0 Å². The van der Waals surface area contributed by atoms with E-state index < -0.39 is 13.5 Å². The third-order valence-electron chi connectivity index (χ3n) is 5.12. The van der Waals surface area contributed by atoms with Gasteiger partial charge < -0.3 is 9.64 Å². The average Bonchev–Trinajstić information content (AvgIpc) is 2.61. The Hall–Kier alpha value is -1.87. The summed E-state index contributed by atoms with van der Waals surface area (Å²) in [7, 11) is 6.57. The summed E-state index contributed by atoms with van der Waals surface area (Å²) in [5.41, 5.74) is 2.46. The van der Waals surface area contributed by atoms with Gasteiger partial charge in [0.1, 0.15) is 5.60 Å². The second-order valence-electron chi connectivity index (χ2n) is 7.17. The largest absolute Gasteiger partial charge is 0.456 e. The molecule has 0 N–H and O–H groups in total. The summed E-state index contributed by atoms with van der Waals surface area (Å²) in [6.45, 7) is 7.82. The van der Waals surface area contributed by atoms with Gasteiger partial charge in [-0.1, -0.05) is 24.0 Å². The normalized spacial score (nSPS) is 24.2. The number of hydrogen-bond acceptors (Lipinski definition) is 3. The van der Waals surface area contributed by atoms with E-state index in [1.165, 1.54) is 0 Å². The number of ether oxygens (including phenoxy) is 1. The Morgan fingerprint density at radius 3 is 2.73 bits per heavy atom. The minimum absolute atomic E-state index is 0.131. The van der Waals surface area contributed by atoms with Crippen molar-refractivity contribution >= 4 is 38.6 Å². The third-order valence-corrected chi connectivity index (χ3v) is 7.36. The maximum absolute atomic E-state index is 12.7. The van der Waals surface area contributed by atoms with Gasteiger partial charge in [-0.3, -0.25) is 4.79 Å². The average molecular weight is 367 g/mol. The van der Waals surface area contributed by atoms with Crippen LogP contribution in [0.1, 0.15) is 32.3 Å². The highest BCUT2D eigenvalue weighted by atomic mass is 31.1. The second-order valence-corrected chi connectivity index (χ2v) is 9.24. The molecule has 1 aromatic carbocycles. The molecule has 2 aliphatic rings. The van der Waals surface area contributed by atoms with Crippen LogP contribution in [0.15, 0.2) is 41.5 Å². The molecule has 26 heavy (non-hydrogen) atoms. The van der Waals surface area contributed by atoms with Gasteiger partial charge in [-0.25, -0.2) is 4.79 Å². The predicted octanol–water partition coefficient (Wildman–Crippen LogP) is 3.41. The predicted molar refractivity (Wildman–Crippen MR) is 107 cm³/mol. The van der Waals surface area contributed by atoms with Gasteiger partial charge in [0.25, 0.3) is 0 Å². The van der Waals surface area contributed by atoms with Gasteiger partial charge in [-0.2, -0.15) is 0 Å². The molecule has 0 saturated heterocycles. The molecule has 0 spiro atoms. The maximum atomic E-state index is 12.7. The Morgan fingerprint density at radius 1 is 1.38 bits per heavy atom. The van der Waals surface area contributed by atoms with Crippen molar-refractivity contribution in [3.8, 4) is 0 Å². The molecule has 4 nitrogen and oxygen atoms in total. The molecule has 2 aliphatic heterocycles.